The lowest BCUT2D eigenvalue weighted by Crippen LogP contribution is -1.94. The molecule has 0 fully saturated rings. The molecule has 0 radical (unpaired) electrons. The zero-order valence-electron chi connectivity index (χ0n) is 8.86. The SMILES string of the molecule is CCCCOP(=S)(S)OCCCC.S. The van der Waals surface area contributed by atoms with Gasteiger partial charge in [-0.3, -0.25) is 0 Å². The molecule has 0 saturated heterocycles. The van der Waals surface area contributed by atoms with E-state index in [1.54, 1.807) is 0 Å². The quantitative estimate of drug-likeness (QED) is 0.412. The molecule has 0 aliphatic heterocycles. The Bertz CT molecular complexity index is 153. The first-order valence-corrected chi connectivity index (χ1v) is 8.53. The van der Waals surface area contributed by atoms with E-state index in [0.29, 0.717) is 13.2 Å². The van der Waals surface area contributed by atoms with Crippen LogP contribution in [0.15, 0.2) is 0 Å². The standard InChI is InChI=1S/C8H19O2PS2.H2S/c1-3-5-7-9-11(12,13)10-8-6-4-2;/h3-8H2,1-2H3,(H,12,13);1H2. The molecule has 0 atom stereocenters. The van der Waals surface area contributed by atoms with Crippen molar-refractivity contribution >= 4 is 43.2 Å². The number of hydrogen-bond donors (Lipinski definition) is 1. The molecule has 14 heavy (non-hydrogen) atoms. The molecule has 0 amide bonds. The number of unbranched alkanes of at least 4 members (excludes halogenated alkanes) is 2. The summed E-state index contributed by atoms with van der Waals surface area (Å²) in [4.78, 5) is 0. The number of rotatable bonds is 8. The highest BCUT2D eigenvalue weighted by Crippen LogP contribution is 2.53. The maximum atomic E-state index is 5.38. The minimum atomic E-state index is -2.22. The largest absolute Gasteiger partial charge is 0.322 e. The molecule has 0 aromatic heterocycles. The third-order valence-electron chi connectivity index (χ3n) is 1.50. The highest BCUT2D eigenvalue weighted by Gasteiger charge is 2.11. The molecule has 0 saturated carbocycles. The molecule has 6 heteroatoms. The van der Waals surface area contributed by atoms with Gasteiger partial charge < -0.3 is 9.05 Å². The Kier molecular flexibility index (Phi) is 13.6. The van der Waals surface area contributed by atoms with Crippen LogP contribution in [-0.2, 0) is 20.9 Å². The fraction of sp³-hybridized carbons (Fsp3) is 1.00. The second kappa shape index (κ2) is 10.8. The van der Waals surface area contributed by atoms with Crippen molar-refractivity contribution < 1.29 is 9.05 Å². The summed E-state index contributed by atoms with van der Waals surface area (Å²) in [5.41, 5.74) is -2.22. The summed E-state index contributed by atoms with van der Waals surface area (Å²) in [6, 6.07) is 0. The minimum Gasteiger partial charge on any atom is -0.322 e. The molecule has 0 N–H and O–H groups in total. The Hall–Kier alpha value is 1.27. The lowest BCUT2D eigenvalue weighted by Gasteiger charge is -2.15. The van der Waals surface area contributed by atoms with Crippen molar-refractivity contribution in [3.05, 3.63) is 0 Å². The predicted octanol–water partition coefficient (Wildman–Crippen LogP) is 3.89. The fourth-order valence-electron chi connectivity index (χ4n) is 0.686. The molecule has 0 aromatic carbocycles. The van der Waals surface area contributed by atoms with Crippen LogP contribution >= 0.6 is 31.4 Å². The lowest BCUT2D eigenvalue weighted by molar-refractivity contribution is 0.253. The summed E-state index contributed by atoms with van der Waals surface area (Å²) in [6.45, 7) is 5.57. The first-order valence-electron chi connectivity index (χ1n) is 4.74. The van der Waals surface area contributed by atoms with Crippen LogP contribution in [0.4, 0.5) is 0 Å². The van der Waals surface area contributed by atoms with Gasteiger partial charge in [0.15, 0.2) is 0 Å². The average Bonchev–Trinajstić information content (AvgIpc) is 2.05. The monoisotopic (exact) mass is 276 g/mol. The van der Waals surface area contributed by atoms with E-state index in [9.17, 15) is 0 Å². The Morgan fingerprint density at radius 3 is 1.71 bits per heavy atom. The fourth-order valence-corrected chi connectivity index (χ4v) is 2.42. The van der Waals surface area contributed by atoms with E-state index < -0.39 is 5.69 Å². The Morgan fingerprint density at radius 2 is 1.43 bits per heavy atom. The second-order valence-corrected chi connectivity index (χ2v) is 8.13. The van der Waals surface area contributed by atoms with Gasteiger partial charge >= 0.3 is 0 Å². The van der Waals surface area contributed by atoms with Crippen LogP contribution in [0.25, 0.3) is 0 Å². The summed E-state index contributed by atoms with van der Waals surface area (Å²) in [5.74, 6) is 0. The molecule has 0 aliphatic rings. The van der Waals surface area contributed by atoms with Crippen molar-refractivity contribution in [1.29, 1.82) is 0 Å². The van der Waals surface area contributed by atoms with Gasteiger partial charge in [-0.15, -0.1) is 0 Å². The third kappa shape index (κ3) is 11.3. The maximum absolute atomic E-state index is 5.38. The van der Waals surface area contributed by atoms with Crippen molar-refractivity contribution in [3.8, 4) is 0 Å². The van der Waals surface area contributed by atoms with Crippen LogP contribution in [-0.4, -0.2) is 13.2 Å². The van der Waals surface area contributed by atoms with E-state index in [1.165, 1.54) is 0 Å². The summed E-state index contributed by atoms with van der Waals surface area (Å²) in [6.07, 6.45) is 4.27. The normalized spacial score (nSPS) is 11.1. The van der Waals surface area contributed by atoms with E-state index in [-0.39, 0.29) is 13.5 Å². The first kappa shape index (κ1) is 17.7. The summed E-state index contributed by atoms with van der Waals surface area (Å²) < 4.78 is 10.8. The molecular weight excluding hydrogens is 255 g/mol. The number of thiol groups is 1. The Morgan fingerprint density at radius 1 is 1.07 bits per heavy atom. The van der Waals surface area contributed by atoms with E-state index in [0.717, 1.165) is 25.7 Å². The van der Waals surface area contributed by atoms with Gasteiger partial charge in [0.05, 0.1) is 13.2 Å². The predicted molar refractivity (Wildman–Crippen MR) is 75.4 cm³/mol. The highest BCUT2D eigenvalue weighted by atomic mass is 32.9. The van der Waals surface area contributed by atoms with Gasteiger partial charge in [-0.05, 0) is 24.6 Å². The van der Waals surface area contributed by atoms with Gasteiger partial charge in [0.2, 0.25) is 5.69 Å². The van der Waals surface area contributed by atoms with E-state index in [4.69, 9.17) is 20.9 Å². The van der Waals surface area contributed by atoms with E-state index >= 15 is 0 Å². The van der Waals surface area contributed by atoms with E-state index in [1.807, 2.05) is 0 Å². The lowest BCUT2D eigenvalue weighted by atomic mass is 10.4. The van der Waals surface area contributed by atoms with Crippen molar-refractivity contribution in [2.45, 2.75) is 39.5 Å². The topological polar surface area (TPSA) is 18.5 Å². The zero-order valence-corrected chi connectivity index (χ0v) is 12.5. The van der Waals surface area contributed by atoms with Gasteiger partial charge in [0.1, 0.15) is 0 Å². The minimum absolute atomic E-state index is 0. The van der Waals surface area contributed by atoms with Crippen LogP contribution in [0, 0.1) is 0 Å². The van der Waals surface area contributed by atoms with Gasteiger partial charge in [0, 0.05) is 0 Å². The number of hydrogen-bond acceptors (Lipinski definition) is 3. The zero-order chi connectivity index (χ0) is 10.2. The molecule has 2 nitrogen and oxygen atoms in total. The van der Waals surface area contributed by atoms with Gasteiger partial charge in [-0.25, -0.2) is 0 Å². The smallest absolute Gasteiger partial charge is 0.244 e. The Labute approximate surface area is 105 Å². The molecule has 0 aliphatic carbocycles. The van der Waals surface area contributed by atoms with Crippen molar-refractivity contribution in [2.24, 2.45) is 0 Å². The van der Waals surface area contributed by atoms with Crippen molar-refractivity contribution in [1.82, 2.24) is 0 Å². The van der Waals surface area contributed by atoms with Crippen LogP contribution in [0.1, 0.15) is 39.5 Å². The molecule has 0 bridgehead atoms. The molecule has 0 aromatic rings. The van der Waals surface area contributed by atoms with Crippen molar-refractivity contribution in [2.75, 3.05) is 13.2 Å². The van der Waals surface area contributed by atoms with Crippen LogP contribution in [0.5, 0.6) is 0 Å². The maximum Gasteiger partial charge on any atom is 0.244 e. The molecule has 0 heterocycles. The third-order valence-corrected chi connectivity index (χ3v) is 3.85. The van der Waals surface area contributed by atoms with Gasteiger partial charge in [-0.2, -0.15) is 13.5 Å². The summed E-state index contributed by atoms with van der Waals surface area (Å²) >= 11 is 9.31. The van der Waals surface area contributed by atoms with Crippen LogP contribution in [0.3, 0.4) is 0 Å². The van der Waals surface area contributed by atoms with Crippen molar-refractivity contribution in [3.63, 3.8) is 0 Å². The average molecular weight is 276 g/mol. The highest BCUT2D eigenvalue weighted by molar-refractivity contribution is 8.60. The molecule has 0 spiro atoms. The Balaban J connectivity index is 0. The molecule has 0 unspecified atom stereocenters. The first-order chi connectivity index (χ1) is 6.12. The van der Waals surface area contributed by atoms with Crippen LogP contribution in [0.2, 0.25) is 0 Å². The summed E-state index contributed by atoms with van der Waals surface area (Å²) in [5, 5.41) is 0. The molecular formula is C8H21O2PS3. The second-order valence-electron chi connectivity index (χ2n) is 2.84. The van der Waals surface area contributed by atoms with Gasteiger partial charge in [0.25, 0.3) is 0 Å². The van der Waals surface area contributed by atoms with Crippen LogP contribution < -0.4 is 0 Å². The van der Waals surface area contributed by atoms with Gasteiger partial charge in [-0.1, -0.05) is 38.9 Å². The molecule has 88 valence electrons. The van der Waals surface area contributed by atoms with E-state index in [2.05, 4.69) is 26.1 Å². The summed E-state index contributed by atoms with van der Waals surface area (Å²) in [7, 11) is 0. The molecule has 0 rings (SSSR count).